The van der Waals surface area contributed by atoms with Gasteiger partial charge in [0.2, 0.25) is 10.0 Å². The number of anilines is 1. The van der Waals surface area contributed by atoms with Gasteiger partial charge in [-0.1, -0.05) is 30.3 Å². The fraction of sp³-hybridized carbons (Fsp3) is 0.250. The Balaban J connectivity index is 1.44. The number of rotatable bonds is 4. The average molecular weight is 446 g/mol. The first-order chi connectivity index (χ1) is 15.5. The van der Waals surface area contributed by atoms with E-state index in [9.17, 15) is 13.7 Å². The number of hydrogen-bond acceptors (Lipinski definition) is 5. The van der Waals surface area contributed by atoms with E-state index in [1.54, 1.807) is 30.3 Å². The van der Waals surface area contributed by atoms with E-state index < -0.39 is 10.0 Å². The summed E-state index contributed by atoms with van der Waals surface area (Å²) in [4.78, 5) is 7.26. The number of nitriles is 1. The van der Waals surface area contributed by atoms with E-state index in [1.807, 2.05) is 37.3 Å². The highest BCUT2D eigenvalue weighted by Crippen LogP contribution is 2.30. The van der Waals surface area contributed by atoms with Crippen LogP contribution < -0.4 is 9.62 Å². The summed E-state index contributed by atoms with van der Waals surface area (Å²) < 4.78 is 30.3. The summed E-state index contributed by atoms with van der Waals surface area (Å²) in [6, 6.07) is 20.6. The number of nitrogens with one attached hydrogen (secondary N) is 1. The van der Waals surface area contributed by atoms with Crippen molar-refractivity contribution in [2.75, 3.05) is 18.0 Å². The first kappa shape index (κ1) is 20.5. The molecule has 32 heavy (non-hydrogen) atoms. The van der Waals surface area contributed by atoms with Crippen molar-refractivity contribution in [2.24, 2.45) is 0 Å². The molecule has 0 radical (unpaired) electrons. The maximum atomic E-state index is 12.7. The van der Waals surface area contributed by atoms with Gasteiger partial charge in [-0.15, -0.1) is 0 Å². The summed E-state index contributed by atoms with van der Waals surface area (Å²) in [6.45, 7) is 3.34. The summed E-state index contributed by atoms with van der Waals surface area (Å²) >= 11 is 0. The van der Waals surface area contributed by atoms with Crippen LogP contribution in [0.25, 0.3) is 16.7 Å². The molecule has 0 atom stereocenters. The molecule has 1 aliphatic heterocycles. The van der Waals surface area contributed by atoms with Crippen LogP contribution in [-0.2, 0) is 10.0 Å². The molecule has 4 aromatic rings. The average Bonchev–Trinajstić information content (AvgIpc) is 3.19. The highest BCUT2D eigenvalue weighted by Gasteiger charge is 2.27. The number of imidazole rings is 1. The van der Waals surface area contributed by atoms with Crippen LogP contribution in [0.15, 0.2) is 65.6 Å². The number of fused-ring (bicyclic) bond motifs is 3. The van der Waals surface area contributed by atoms with E-state index in [1.165, 1.54) is 0 Å². The van der Waals surface area contributed by atoms with Crippen molar-refractivity contribution >= 4 is 32.5 Å². The van der Waals surface area contributed by atoms with Crippen LogP contribution in [0, 0.1) is 18.3 Å². The lowest BCUT2D eigenvalue weighted by molar-refractivity contribution is 0.458. The van der Waals surface area contributed by atoms with Gasteiger partial charge < -0.3 is 4.90 Å². The van der Waals surface area contributed by atoms with Crippen molar-refractivity contribution in [3.63, 3.8) is 0 Å². The van der Waals surface area contributed by atoms with Crippen molar-refractivity contribution in [1.82, 2.24) is 14.1 Å². The lowest BCUT2D eigenvalue weighted by Gasteiger charge is -2.34. The molecule has 0 unspecified atom stereocenters. The molecule has 0 amide bonds. The Morgan fingerprint density at radius 3 is 2.47 bits per heavy atom. The van der Waals surface area contributed by atoms with E-state index in [2.05, 4.69) is 20.1 Å². The summed E-state index contributed by atoms with van der Waals surface area (Å²) in [7, 11) is -3.53. The molecular weight excluding hydrogens is 422 g/mol. The molecule has 1 aliphatic rings. The van der Waals surface area contributed by atoms with Crippen molar-refractivity contribution in [2.45, 2.75) is 30.7 Å². The normalized spacial score (nSPS) is 15.3. The van der Waals surface area contributed by atoms with Crippen molar-refractivity contribution in [1.29, 1.82) is 5.26 Å². The van der Waals surface area contributed by atoms with Gasteiger partial charge in [-0.05, 0) is 55.7 Å². The number of aromatic nitrogens is 2. The SMILES string of the molecule is Cc1cc(N2CCC(NS(=O)(=O)c3ccccc3)CC2)n2c(nc3ccccc32)c1C#N. The highest BCUT2D eigenvalue weighted by atomic mass is 32.2. The molecule has 162 valence electrons. The quantitative estimate of drug-likeness (QED) is 0.518. The maximum Gasteiger partial charge on any atom is 0.240 e. The molecular formula is C24H23N5O2S. The number of para-hydroxylation sites is 2. The van der Waals surface area contributed by atoms with E-state index in [0.717, 1.165) is 22.4 Å². The van der Waals surface area contributed by atoms with Crippen LogP contribution in [0.2, 0.25) is 0 Å². The zero-order valence-electron chi connectivity index (χ0n) is 17.7. The van der Waals surface area contributed by atoms with E-state index in [-0.39, 0.29) is 10.9 Å². The van der Waals surface area contributed by atoms with Gasteiger partial charge in [-0.25, -0.2) is 18.1 Å². The van der Waals surface area contributed by atoms with Gasteiger partial charge in [0.1, 0.15) is 11.9 Å². The summed E-state index contributed by atoms with van der Waals surface area (Å²) in [6.07, 6.45) is 1.39. The highest BCUT2D eigenvalue weighted by molar-refractivity contribution is 7.89. The van der Waals surface area contributed by atoms with Crippen LogP contribution in [0.4, 0.5) is 5.82 Å². The molecule has 0 spiro atoms. The van der Waals surface area contributed by atoms with Crippen LogP contribution in [0.5, 0.6) is 0 Å². The number of piperidine rings is 1. The topological polar surface area (TPSA) is 90.5 Å². The van der Waals surface area contributed by atoms with Gasteiger partial charge in [-0.2, -0.15) is 5.26 Å². The molecule has 2 aromatic heterocycles. The van der Waals surface area contributed by atoms with Crippen molar-refractivity contribution < 1.29 is 8.42 Å². The second-order valence-corrected chi connectivity index (χ2v) is 9.84. The summed E-state index contributed by atoms with van der Waals surface area (Å²) in [5, 5.41) is 9.70. The predicted molar refractivity (Wildman–Crippen MR) is 124 cm³/mol. The first-order valence-corrected chi connectivity index (χ1v) is 12.1. The number of aryl methyl sites for hydroxylation is 1. The minimum Gasteiger partial charge on any atom is -0.358 e. The third-order valence-electron chi connectivity index (χ3n) is 6.06. The smallest absolute Gasteiger partial charge is 0.240 e. The number of sulfonamides is 1. The fourth-order valence-corrected chi connectivity index (χ4v) is 5.74. The lowest BCUT2D eigenvalue weighted by atomic mass is 10.1. The predicted octanol–water partition coefficient (Wildman–Crippen LogP) is 3.61. The van der Waals surface area contributed by atoms with Crippen LogP contribution in [0.3, 0.4) is 0 Å². The van der Waals surface area contributed by atoms with Gasteiger partial charge in [0.25, 0.3) is 0 Å². The number of pyridine rings is 1. The summed E-state index contributed by atoms with van der Waals surface area (Å²) in [5.41, 5.74) is 3.94. The third kappa shape index (κ3) is 3.49. The molecule has 0 aliphatic carbocycles. The Morgan fingerprint density at radius 2 is 1.75 bits per heavy atom. The minimum atomic E-state index is -3.53. The van der Waals surface area contributed by atoms with Crippen LogP contribution in [0.1, 0.15) is 24.0 Å². The zero-order valence-corrected chi connectivity index (χ0v) is 18.5. The molecule has 0 saturated carbocycles. The Labute approximate surface area is 187 Å². The molecule has 0 bridgehead atoms. The van der Waals surface area contributed by atoms with Crippen molar-refractivity contribution in [3.8, 4) is 6.07 Å². The minimum absolute atomic E-state index is 0.119. The Morgan fingerprint density at radius 1 is 1.06 bits per heavy atom. The molecule has 1 fully saturated rings. The zero-order chi connectivity index (χ0) is 22.3. The molecule has 2 aromatic carbocycles. The lowest BCUT2D eigenvalue weighted by Crippen LogP contribution is -2.45. The number of hydrogen-bond donors (Lipinski definition) is 1. The van der Waals surface area contributed by atoms with Gasteiger partial charge in [-0.3, -0.25) is 4.40 Å². The van der Waals surface area contributed by atoms with Crippen LogP contribution in [-0.4, -0.2) is 36.9 Å². The third-order valence-corrected chi connectivity index (χ3v) is 7.60. The molecule has 1 N–H and O–H groups in total. The molecule has 8 heteroatoms. The van der Waals surface area contributed by atoms with Crippen LogP contribution >= 0.6 is 0 Å². The van der Waals surface area contributed by atoms with Gasteiger partial charge in [0.15, 0.2) is 5.65 Å². The van der Waals surface area contributed by atoms with E-state index in [4.69, 9.17) is 4.98 Å². The van der Waals surface area contributed by atoms with E-state index in [0.29, 0.717) is 37.1 Å². The molecule has 3 heterocycles. The van der Waals surface area contributed by atoms with Gasteiger partial charge >= 0.3 is 0 Å². The molecule has 5 rings (SSSR count). The maximum absolute atomic E-state index is 12.7. The van der Waals surface area contributed by atoms with E-state index >= 15 is 0 Å². The number of benzene rings is 2. The molecule has 7 nitrogen and oxygen atoms in total. The molecule has 1 saturated heterocycles. The number of nitrogens with zero attached hydrogens (tertiary/aromatic N) is 4. The first-order valence-electron chi connectivity index (χ1n) is 10.6. The standard InChI is InChI=1S/C24H23N5O2S/c1-17-15-23(29-22-10-6-5-9-21(22)26-24(29)20(17)16-25)28-13-11-18(12-14-28)27-32(30,31)19-7-3-2-4-8-19/h2-10,15,18,27H,11-14H2,1H3. The van der Waals surface area contributed by atoms with Gasteiger partial charge in [0, 0.05) is 19.1 Å². The van der Waals surface area contributed by atoms with Crippen molar-refractivity contribution in [3.05, 3.63) is 71.8 Å². The van der Waals surface area contributed by atoms with Gasteiger partial charge in [0.05, 0.1) is 21.5 Å². The second kappa shape index (κ2) is 7.93. The fourth-order valence-electron chi connectivity index (χ4n) is 4.42. The largest absolute Gasteiger partial charge is 0.358 e. The summed E-state index contributed by atoms with van der Waals surface area (Å²) in [5.74, 6) is 0.981. The Kier molecular flexibility index (Phi) is 5.08. The monoisotopic (exact) mass is 445 g/mol. The Bertz CT molecular complexity index is 1450. The Hall–Kier alpha value is -3.41. The second-order valence-electron chi connectivity index (χ2n) is 8.13.